The molecular formula is C13H24N2O5S. The Kier molecular flexibility index (Phi) is 9.60. The van der Waals surface area contributed by atoms with Gasteiger partial charge in [0.1, 0.15) is 6.04 Å². The molecule has 0 aliphatic heterocycles. The van der Waals surface area contributed by atoms with E-state index in [0.717, 1.165) is 12.2 Å². The van der Waals surface area contributed by atoms with E-state index < -0.39 is 24.0 Å². The van der Waals surface area contributed by atoms with Crippen molar-refractivity contribution in [1.29, 1.82) is 0 Å². The van der Waals surface area contributed by atoms with Gasteiger partial charge in [0.05, 0.1) is 0 Å². The number of urea groups is 1. The molecule has 0 radical (unpaired) electrons. The van der Waals surface area contributed by atoms with E-state index in [1.165, 1.54) is 4.90 Å². The fourth-order valence-electron chi connectivity index (χ4n) is 1.65. The summed E-state index contributed by atoms with van der Waals surface area (Å²) in [6.07, 6.45) is 3.00. The van der Waals surface area contributed by atoms with E-state index in [-0.39, 0.29) is 25.3 Å². The van der Waals surface area contributed by atoms with Gasteiger partial charge in [-0.3, -0.25) is 4.79 Å². The number of hydrogen-bond acceptors (Lipinski definition) is 4. The van der Waals surface area contributed by atoms with Gasteiger partial charge in [-0.15, -0.1) is 0 Å². The first-order chi connectivity index (χ1) is 9.79. The molecule has 0 saturated heterocycles. The maximum Gasteiger partial charge on any atom is 0.326 e. The highest BCUT2D eigenvalue weighted by atomic mass is 32.2. The summed E-state index contributed by atoms with van der Waals surface area (Å²) < 4.78 is 0. The van der Waals surface area contributed by atoms with Crippen LogP contribution in [0.2, 0.25) is 0 Å². The first kappa shape index (κ1) is 19.6. The summed E-state index contributed by atoms with van der Waals surface area (Å²) in [5, 5.41) is 20.0. The minimum atomic E-state index is -1.15. The van der Waals surface area contributed by atoms with Gasteiger partial charge in [0.25, 0.3) is 0 Å². The van der Waals surface area contributed by atoms with Crippen LogP contribution in [0.4, 0.5) is 4.79 Å². The second kappa shape index (κ2) is 10.3. The molecule has 122 valence electrons. The van der Waals surface area contributed by atoms with Crippen LogP contribution in [0.25, 0.3) is 0 Å². The Morgan fingerprint density at radius 2 is 1.86 bits per heavy atom. The molecule has 2 atom stereocenters. The molecule has 0 fully saturated rings. The lowest BCUT2D eigenvalue weighted by atomic mass is 10.1. The van der Waals surface area contributed by atoms with E-state index >= 15 is 0 Å². The Labute approximate surface area is 129 Å². The molecule has 0 rings (SSSR count). The molecule has 0 aliphatic rings. The number of nitrogens with zero attached hydrogens (tertiary/aromatic N) is 1. The maximum atomic E-state index is 12.0. The fraction of sp³-hybridized carbons (Fsp3) is 0.769. The molecule has 2 amide bonds. The number of hydrogen-bond donors (Lipinski definition) is 3. The average Bonchev–Trinajstić information content (AvgIpc) is 2.41. The smallest absolute Gasteiger partial charge is 0.326 e. The van der Waals surface area contributed by atoms with E-state index in [9.17, 15) is 14.4 Å². The molecule has 0 aromatic carbocycles. The molecule has 0 aromatic heterocycles. The van der Waals surface area contributed by atoms with Crippen molar-refractivity contribution < 1.29 is 24.6 Å². The molecule has 0 aliphatic carbocycles. The minimum absolute atomic E-state index is 0.00548. The molecule has 1 unspecified atom stereocenters. The highest BCUT2D eigenvalue weighted by Crippen LogP contribution is 2.08. The number of aliphatic carboxylic acids is 2. The third-order valence-corrected chi connectivity index (χ3v) is 3.84. The summed E-state index contributed by atoms with van der Waals surface area (Å²) >= 11 is 1.68. The van der Waals surface area contributed by atoms with Gasteiger partial charge in [-0.1, -0.05) is 0 Å². The zero-order valence-electron chi connectivity index (χ0n) is 12.7. The summed E-state index contributed by atoms with van der Waals surface area (Å²) in [6.45, 7) is 1.90. The van der Waals surface area contributed by atoms with Crippen molar-refractivity contribution in [2.24, 2.45) is 0 Å². The summed E-state index contributed by atoms with van der Waals surface area (Å²) in [7, 11) is 1.62. The predicted molar refractivity (Wildman–Crippen MR) is 81.7 cm³/mol. The number of carboxylic acid groups (broad SMARTS) is 2. The standard InChI is InChI=1S/C13H24N2O5S/c1-9(7-8-21-3)15(2)13(20)14-10(12(18)19)5-4-6-11(16)17/h9-10H,4-8H2,1-3H3,(H,14,20)(H,16,17)(H,18,19)/t9?,10-/m1/s1. The number of rotatable bonds is 10. The van der Waals surface area contributed by atoms with E-state index in [1.807, 2.05) is 13.2 Å². The van der Waals surface area contributed by atoms with Crippen molar-refractivity contribution >= 4 is 29.7 Å². The van der Waals surface area contributed by atoms with Crippen molar-refractivity contribution in [2.75, 3.05) is 19.1 Å². The van der Waals surface area contributed by atoms with E-state index in [2.05, 4.69) is 5.32 Å². The lowest BCUT2D eigenvalue weighted by Crippen LogP contribution is -2.49. The topological polar surface area (TPSA) is 107 Å². The third kappa shape index (κ3) is 8.44. The highest BCUT2D eigenvalue weighted by Gasteiger charge is 2.23. The monoisotopic (exact) mass is 320 g/mol. The number of carboxylic acids is 2. The molecular weight excluding hydrogens is 296 g/mol. The van der Waals surface area contributed by atoms with Crippen molar-refractivity contribution in [3.8, 4) is 0 Å². The van der Waals surface area contributed by atoms with E-state index in [0.29, 0.717) is 0 Å². The van der Waals surface area contributed by atoms with Crippen LogP contribution in [0.3, 0.4) is 0 Å². The molecule has 0 heterocycles. The molecule has 7 nitrogen and oxygen atoms in total. The van der Waals surface area contributed by atoms with Crippen molar-refractivity contribution in [2.45, 2.75) is 44.7 Å². The summed E-state index contributed by atoms with van der Waals surface area (Å²) in [4.78, 5) is 35.0. The van der Waals surface area contributed by atoms with Crippen molar-refractivity contribution in [3.63, 3.8) is 0 Å². The minimum Gasteiger partial charge on any atom is -0.481 e. The van der Waals surface area contributed by atoms with Crippen LogP contribution in [-0.2, 0) is 9.59 Å². The number of amides is 2. The van der Waals surface area contributed by atoms with E-state index in [4.69, 9.17) is 10.2 Å². The Hall–Kier alpha value is -1.44. The van der Waals surface area contributed by atoms with Crippen molar-refractivity contribution in [1.82, 2.24) is 10.2 Å². The molecule has 8 heteroatoms. The van der Waals surface area contributed by atoms with Gasteiger partial charge in [0, 0.05) is 19.5 Å². The zero-order chi connectivity index (χ0) is 16.4. The van der Waals surface area contributed by atoms with Crippen LogP contribution in [0.5, 0.6) is 0 Å². The molecule has 3 N–H and O–H groups in total. The van der Waals surface area contributed by atoms with Gasteiger partial charge in [-0.05, 0) is 38.2 Å². The van der Waals surface area contributed by atoms with Gasteiger partial charge < -0.3 is 20.4 Å². The summed E-state index contributed by atoms with van der Waals surface area (Å²) in [6, 6.07) is -1.51. The second-order valence-corrected chi connectivity index (χ2v) is 5.85. The summed E-state index contributed by atoms with van der Waals surface area (Å²) in [5.74, 6) is -1.22. The van der Waals surface area contributed by atoms with Crippen molar-refractivity contribution in [3.05, 3.63) is 0 Å². The van der Waals surface area contributed by atoms with Crippen LogP contribution in [0.15, 0.2) is 0 Å². The van der Waals surface area contributed by atoms with Crippen LogP contribution in [0, 0.1) is 0 Å². The average molecular weight is 320 g/mol. The lowest BCUT2D eigenvalue weighted by molar-refractivity contribution is -0.140. The Bertz CT molecular complexity index is 364. The van der Waals surface area contributed by atoms with Gasteiger partial charge in [-0.2, -0.15) is 11.8 Å². The summed E-state index contributed by atoms with van der Waals surface area (Å²) in [5.41, 5.74) is 0. The Morgan fingerprint density at radius 3 is 2.33 bits per heavy atom. The second-order valence-electron chi connectivity index (χ2n) is 4.87. The molecule has 0 spiro atoms. The maximum absolute atomic E-state index is 12.0. The van der Waals surface area contributed by atoms with Crippen LogP contribution < -0.4 is 5.32 Å². The quantitative estimate of drug-likeness (QED) is 0.563. The molecule has 0 saturated carbocycles. The number of thioether (sulfide) groups is 1. The predicted octanol–water partition coefficient (Wildman–Crippen LogP) is 1.48. The molecule has 21 heavy (non-hydrogen) atoms. The van der Waals surface area contributed by atoms with Gasteiger partial charge >= 0.3 is 18.0 Å². The third-order valence-electron chi connectivity index (χ3n) is 3.20. The molecule has 0 bridgehead atoms. The van der Waals surface area contributed by atoms with Crippen LogP contribution in [0.1, 0.15) is 32.6 Å². The van der Waals surface area contributed by atoms with Gasteiger partial charge in [0.2, 0.25) is 0 Å². The normalized spacial score (nSPS) is 13.3. The van der Waals surface area contributed by atoms with E-state index in [1.54, 1.807) is 18.8 Å². The number of carbonyl (C=O) groups is 3. The van der Waals surface area contributed by atoms with Crippen LogP contribution >= 0.6 is 11.8 Å². The first-order valence-electron chi connectivity index (χ1n) is 6.76. The Morgan fingerprint density at radius 1 is 1.24 bits per heavy atom. The Balaban J connectivity index is 4.38. The highest BCUT2D eigenvalue weighted by molar-refractivity contribution is 7.98. The zero-order valence-corrected chi connectivity index (χ0v) is 13.5. The fourth-order valence-corrected chi connectivity index (χ4v) is 2.22. The lowest BCUT2D eigenvalue weighted by Gasteiger charge is -2.26. The first-order valence-corrected chi connectivity index (χ1v) is 8.15. The van der Waals surface area contributed by atoms with Gasteiger partial charge in [0.15, 0.2) is 0 Å². The number of carbonyl (C=O) groups excluding carboxylic acids is 1. The number of nitrogens with one attached hydrogen (secondary N) is 1. The molecule has 0 aromatic rings. The SMILES string of the molecule is CSCCC(C)N(C)C(=O)N[C@H](CCCC(=O)O)C(=O)O. The van der Waals surface area contributed by atoms with Gasteiger partial charge in [-0.25, -0.2) is 9.59 Å². The van der Waals surface area contributed by atoms with Crippen LogP contribution in [-0.4, -0.2) is 64.2 Å². The largest absolute Gasteiger partial charge is 0.481 e.